The third-order valence-electron chi connectivity index (χ3n) is 4.12. The standard InChI is InChI=1S/C18H19FN2O/c19-17-7-5-14(6-8-17)11-20-18(22)13-21-10-9-15-3-1-2-4-16(15)12-21/h1-8H,9-13H2,(H,20,22)/p+1. The van der Waals surface area contributed by atoms with Crippen LogP contribution >= 0.6 is 0 Å². The predicted octanol–water partition coefficient (Wildman–Crippen LogP) is 1.08. The van der Waals surface area contributed by atoms with Gasteiger partial charge in [-0.3, -0.25) is 4.79 Å². The molecule has 0 saturated heterocycles. The van der Waals surface area contributed by atoms with Crippen molar-refractivity contribution in [3.8, 4) is 0 Å². The Morgan fingerprint density at radius 2 is 1.82 bits per heavy atom. The summed E-state index contributed by atoms with van der Waals surface area (Å²) in [4.78, 5) is 13.3. The Morgan fingerprint density at radius 1 is 1.09 bits per heavy atom. The smallest absolute Gasteiger partial charge is 0.275 e. The lowest BCUT2D eigenvalue weighted by atomic mass is 10.00. The molecule has 1 unspecified atom stereocenters. The molecule has 0 radical (unpaired) electrons. The molecule has 0 aliphatic carbocycles. The van der Waals surface area contributed by atoms with Crippen LogP contribution in [0.4, 0.5) is 4.39 Å². The summed E-state index contributed by atoms with van der Waals surface area (Å²) in [7, 11) is 0. The SMILES string of the molecule is O=C(C[NH+]1CCc2ccccc2C1)NCc1ccc(F)cc1. The number of halogens is 1. The van der Waals surface area contributed by atoms with Crippen LogP contribution in [0.25, 0.3) is 0 Å². The third kappa shape index (κ3) is 3.71. The molecule has 0 saturated carbocycles. The zero-order valence-corrected chi connectivity index (χ0v) is 12.4. The first kappa shape index (κ1) is 14.7. The lowest BCUT2D eigenvalue weighted by Gasteiger charge is -2.25. The van der Waals surface area contributed by atoms with E-state index in [0.29, 0.717) is 13.1 Å². The van der Waals surface area contributed by atoms with Crippen molar-refractivity contribution < 1.29 is 14.1 Å². The molecule has 3 nitrogen and oxygen atoms in total. The molecule has 22 heavy (non-hydrogen) atoms. The van der Waals surface area contributed by atoms with Crippen molar-refractivity contribution in [2.45, 2.75) is 19.5 Å². The first-order valence-corrected chi connectivity index (χ1v) is 7.62. The Morgan fingerprint density at radius 3 is 2.59 bits per heavy atom. The minimum atomic E-state index is -0.258. The number of fused-ring (bicyclic) bond motifs is 1. The van der Waals surface area contributed by atoms with Gasteiger partial charge in [-0.1, -0.05) is 36.4 Å². The number of nitrogens with one attached hydrogen (secondary N) is 2. The van der Waals surface area contributed by atoms with Crippen molar-refractivity contribution in [2.24, 2.45) is 0 Å². The van der Waals surface area contributed by atoms with Gasteiger partial charge in [0.25, 0.3) is 5.91 Å². The summed E-state index contributed by atoms with van der Waals surface area (Å²) < 4.78 is 12.8. The quantitative estimate of drug-likeness (QED) is 0.870. The second-order valence-corrected chi connectivity index (χ2v) is 5.78. The minimum Gasteiger partial charge on any atom is -0.347 e. The van der Waals surface area contributed by atoms with Gasteiger partial charge in [-0.2, -0.15) is 0 Å². The second kappa shape index (κ2) is 6.71. The summed E-state index contributed by atoms with van der Waals surface area (Å²) in [5.74, 6) is -0.217. The highest BCUT2D eigenvalue weighted by atomic mass is 19.1. The number of rotatable bonds is 4. The van der Waals surface area contributed by atoms with Crippen LogP contribution in [0.15, 0.2) is 48.5 Å². The highest BCUT2D eigenvalue weighted by Crippen LogP contribution is 2.10. The van der Waals surface area contributed by atoms with E-state index in [0.717, 1.165) is 25.1 Å². The lowest BCUT2D eigenvalue weighted by molar-refractivity contribution is -0.908. The van der Waals surface area contributed by atoms with Crippen molar-refractivity contribution in [3.05, 3.63) is 71.0 Å². The Hall–Kier alpha value is -2.20. The van der Waals surface area contributed by atoms with E-state index in [1.54, 1.807) is 12.1 Å². The number of hydrogen-bond acceptors (Lipinski definition) is 1. The molecule has 1 amide bonds. The van der Waals surface area contributed by atoms with Crippen molar-refractivity contribution in [3.63, 3.8) is 0 Å². The van der Waals surface area contributed by atoms with E-state index in [1.807, 2.05) is 0 Å². The molecule has 1 aliphatic rings. The van der Waals surface area contributed by atoms with E-state index in [9.17, 15) is 9.18 Å². The van der Waals surface area contributed by atoms with Crippen LogP contribution < -0.4 is 10.2 Å². The van der Waals surface area contributed by atoms with Crippen molar-refractivity contribution in [1.82, 2.24) is 5.32 Å². The van der Waals surface area contributed by atoms with Crippen LogP contribution in [0.1, 0.15) is 16.7 Å². The van der Waals surface area contributed by atoms with Crippen molar-refractivity contribution in [2.75, 3.05) is 13.1 Å². The van der Waals surface area contributed by atoms with E-state index < -0.39 is 0 Å². The molecule has 114 valence electrons. The van der Waals surface area contributed by atoms with E-state index in [-0.39, 0.29) is 11.7 Å². The number of carbonyl (C=O) groups excluding carboxylic acids is 1. The molecule has 3 rings (SSSR count). The Bertz CT molecular complexity index is 654. The fourth-order valence-electron chi connectivity index (χ4n) is 2.89. The molecule has 2 aromatic rings. The van der Waals surface area contributed by atoms with Gasteiger partial charge in [0, 0.05) is 18.5 Å². The molecule has 0 spiro atoms. The van der Waals surface area contributed by atoms with E-state index in [1.165, 1.54) is 28.2 Å². The van der Waals surface area contributed by atoms with Gasteiger partial charge in [-0.15, -0.1) is 0 Å². The van der Waals surface area contributed by atoms with Crippen molar-refractivity contribution in [1.29, 1.82) is 0 Å². The van der Waals surface area contributed by atoms with Gasteiger partial charge in [0.1, 0.15) is 12.4 Å². The van der Waals surface area contributed by atoms with E-state index in [2.05, 4.69) is 29.6 Å². The summed E-state index contributed by atoms with van der Waals surface area (Å²) in [6.07, 6.45) is 1.02. The maximum atomic E-state index is 12.8. The second-order valence-electron chi connectivity index (χ2n) is 5.78. The van der Waals surface area contributed by atoms with Crippen molar-refractivity contribution >= 4 is 5.91 Å². The molecule has 4 heteroatoms. The minimum absolute atomic E-state index is 0.0405. The van der Waals surface area contributed by atoms with Crippen LogP contribution in [0.5, 0.6) is 0 Å². The zero-order valence-electron chi connectivity index (χ0n) is 12.4. The molecule has 0 fully saturated rings. The predicted molar refractivity (Wildman–Crippen MR) is 82.8 cm³/mol. The first-order chi connectivity index (χ1) is 10.7. The largest absolute Gasteiger partial charge is 0.347 e. The fourth-order valence-corrected chi connectivity index (χ4v) is 2.89. The van der Waals surface area contributed by atoms with Gasteiger partial charge in [-0.05, 0) is 23.3 Å². The third-order valence-corrected chi connectivity index (χ3v) is 4.12. The summed E-state index contributed by atoms with van der Waals surface area (Å²) in [5.41, 5.74) is 3.65. The molecule has 1 atom stereocenters. The van der Waals surface area contributed by atoms with E-state index in [4.69, 9.17) is 0 Å². The van der Waals surface area contributed by atoms with Gasteiger partial charge < -0.3 is 10.2 Å². The maximum Gasteiger partial charge on any atom is 0.275 e. The normalized spacial score (nSPS) is 16.9. The summed E-state index contributed by atoms with van der Waals surface area (Å²) in [6, 6.07) is 14.6. The highest BCUT2D eigenvalue weighted by Gasteiger charge is 2.21. The maximum absolute atomic E-state index is 12.8. The number of carbonyl (C=O) groups is 1. The van der Waals surface area contributed by atoms with Crippen LogP contribution in [0.2, 0.25) is 0 Å². The summed E-state index contributed by atoms with van der Waals surface area (Å²) in [6.45, 7) is 2.82. The Labute approximate surface area is 129 Å². The lowest BCUT2D eigenvalue weighted by Crippen LogP contribution is -3.12. The van der Waals surface area contributed by atoms with Gasteiger partial charge >= 0.3 is 0 Å². The molecule has 0 bridgehead atoms. The zero-order chi connectivity index (χ0) is 15.4. The van der Waals surface area contributed by atoms with Crippen LogP contribution in [0, 0.1) is 5.82 Å². The number of benzene rings is 2. The molecule has 2 N–H and O–H groups in total. The topological polar surface area (TPSA) is 33.5 Å². The van der Waals surface area contributed by atoms with Gasteiger partial charge in [0.05, 0.1) is 6.54 Å². The van der Waals surface area contributed by atoms with Crippen LogP contribution in [0.3, 0.4) is 0 Å². The fraction of sp³-hybridized carbons (Fsp3) is 0.278. The van der Waals surface area contributed by atoms with Gasteiger partial charge in [0.2, 0.25) is 0 Å². The average Bonchev–Trinajstić information content (AvgIpc) is 2.54. The van der Waals surface area contributed by atoms with Crippen LogP contribution in [-0.4, -0.2) is 19.0 Å². The van der Waals surface area contributed by atoms with E-state index >= 15 is 0 Å². The summed E-state index contributed by atoms with van der Waals surface area (Å²) >= 11 is 0. The molecule has 0 aromatic heterocycles. The summed E-state index contributed by atoms with van der Waals surface area (Å²) in [5, 5.41) is 2.91. The number of quaternary nitrogens is 1. The Balaban J connectivity index is 1.49. The average molecular weight is 299 g/mol. The number of amides is 1. The number of hydrogen-bond donors (Lipinski definition) is 2. The molecular formula is C18H20FN2O+. The Kier molecular flexibility index (Phi) is 4.49. The first-order valence-electron chi connectivity index (χ1n) is 7.62. The van der Waals surface area contributed by atoms with Gasteiger partial charge in [0.15, 0.2) is 6.54 Å². The van der Waals surface area contributed by atoms with Crippen LogP contribution in [-0.2, 0) is 24.3 Å². The molecule has 1 aliphatic heterocycles. The monoisotopic (exact) mass is 299 g/mol. The molecule has 2 aromatic carbocycles. The molecular weight excluding hydrogens is 279 g/mol. The van der Waals surface area contributed by atoms with Gasteiger partial charge in [-0.25, -0.2) is 4.39 Å². The molecule has 1 heterocycles. The highest BCUT2D eigenvalue weighted by molar-refractivity contribution is 5.76.